The maximum atomic E-state index is 12.3. The van der Waals surface area contributed by atoms with Gasteiger partial charge in [-0.25, -0.2) is 9.59 Å². The molecule has 2 heterocycles. The van der Waals surface area contributed by atoms with Crippen LogP contribution in [0, 0.1) is 22.7 Å². The Morgan fingerprint density at radius 3 is 2.59 bits per heavy atom. The Hall–Kier alpha value is -1.70. The molecular formula is C20H26O7. The van der Waals surface area contributed by atoms with Crippen LogP contribution in [0.1, 0.15) is 39.5 Å². The molecule has 7 heteroatoms. The zero-order chi connectivity index (χ0) is 19.6. The summed E-state index contributed by atoms with van der Waals surface area (Å²) >= 11 is 0. The Kier molecular flexibility index (Phi) is 4.25. The predicted molar refractivity (Wildman–Crippen MR) is 92.9 cm³/mol. The summed E-state index contributed by atoms with van der Waals surface area (Å²) in [7, 11) is 0. The van der Waals surface area contributed by atoms with E-state index in [9.17, 15) is 24.9 Å². The van der Waals surface area contributed by atoms with Gasteiger partial charge in [0.05, 0.1) is 12.2 Å². The number of rotatable bonds is 3. The van der Waals surface area contributed by atoms with Gasteiger partial charge < -0.3 is 24.8 Å². The van der Waals surface area contributed by atoms with Crippen molar-refractivity contribution in [2.45, 2.75) is 58.0 Å². The van der Waals surface area contributed by atoms with Gasteiger partial charge in [-0.2, -0.15) is 0 Å². The number of aliphatic hydroxyl groups is 3. The van der Waals surface area contributed by atoms with Gasteiger partial charge in [-0.3, -0.25) is 0 Å². The normalized spacial score (nSPS) is 46.2. The summed E-state index contributed by atoms with van der Waals surface area (Å²) in [6.45, 7) is 4.14. The molecule has 1 saturated heterocycles. The molecule has 0 aromatic heterocycles. The van der Waals surface area contributed by atoms with E-state index < -0.39 is 35.3 Å². The molecule has 1 saturated carbocycles. The summed E-state index contributed by atoms with van der Waals surface area (Å²) in [5.74, 6) is -1.30. The average molecular weight is 378 g/mol. The van der Waals surface area contributed by atoms with Crippen LogP contribution in [0.3, 0.4) is 0 Å². The van der Waals surface area contributed by atoms with E-state index in [1.54, 1.807) is 6.08 Å². The Bertz CT molecular complexity index is 741. The molecule has 2 fully saturated rings. The maximum Gasteiger partial charge on any atom is 0.336 e. The van der Waals surface area contributed by atoms with Crippen LogP contribution in [0.5, 0.6) is 0 Å². The first-order valence-corrected chi connectivity index (χ1v) is 9.53. The maximum absolute atomic E-state index is 12.3. The second-order valence-electron chi connectivity index (χ2n) is 8.68. The summed E-state index contributed by atoms with van der Waals surface area (Å²) in [6.07, 6.45) is 2.29. The SMILES string of the molecule is C[C@@H]1[C@@H](O)C[C@@]23COC(=O)C2=CC[C@H](O)[C@@H]3[C@@]1(C)CCC1=C[C@H](O)OC1=O. The van der Waals surface area contributed by atoms with Gasteiger partial charge in [0.1, 0.15) is 6.61 Å². The molecule has 0 bridgehead atoms. The first kappa shape index (κ1) is 18.7. The van der Waals surface area contributed by atoms with Crippen molar-refractivity contribution >= 4 is 11.9 Å². The summed E-state index contributed by atoms with van der Waals surface area (Å²) < 4.78 is 10.1. The average Bonchev–Trinajstić information content (AvgIpc) is 3.09. The van der Waals surface area contributed by atoms with Gasteiger partial charge in [-0.15, -0.1) is 0 Å². The topological polar surface area (TPSA) is 113 Å². The van der Waals surface area contributed by atoms with Crippen LogP contribution in [0.4, 0.5) is 0 Å². The van der Waals surface area contributed by atoms with Gasteiger partial charge >= 0.3 is 11.9 Å². The lowest BCUT2D eigenvalue weighted by Crippen LogP contribution is -2.60. The van der Waals surface area contributed by atoms with Crippen LogP contribution in [-0.4, -0.2) is 52.4 Å². The molecule has 4 aliphatic rings. The van der Waals surface area contributed by atoms with Crippen LogP contribution in [-0.2, 0) is 19.1 Å². The van der Waals surface area contributed by atoms with Gasteiger partial charge in [-0.1, -0.05) is 19.9 Å². The molecular weight excluding hydrogens is 352 g/mol. The second-order valence-corrected chi connectivity index (χ2v) is 8.68. The van der Waals surface area contributed by atoms with Gasteiger partial charge in [0, 0.05) is 22.5 Å². The van der Waals surface area contributed by atoms with Crippen LogP contribution >= 0.6 is 0 Å². The van der Waals surface area contributed by atoms with Crippen molar-refractivity contribution in [3.8, 4) is 0 Å². The third kappa shape index (κ3) is 2.59. The molecule has 0 amide bonds. The van der Waals surface area contributed by atoms with E-state index in [0.717, 1.165) is 0 Å². The molecule has 3 N–H and O–H groups in total. The fourth-order valence-corrected chi connectivity index (χ4v) is 5.91. The zero-order valence-corrected chi connectivity index (χ0v) is 15.6. The number of aliphatic hydroxyl groups excluding tert-OH is 3. The standard InChI is InChI=1S/C20H26O7/c1-10-14(22)8-20-9-26-18(25)12(20)3-4-13(21)16(20)19(10,2)6-5-11-7-15(23)27-17(11)24/h3,7,10,13-16,21-23H,4-6,8-9H2,1-2H3/t10-,13+,14+,15-,16-,19+,20-/m1/s1. The molecule has 0 radical (unpaired) electrons. The first-order valence-electron chi connectivity index (χ1n) is 9.53. The van der Waals surface area contributed by atoms with Crippen molar-refractivity contribution in [3.05, 3.63) is 23.3 Å². The highest BCUT2D eigenvalue weighted by atomic mass is 16.6. The number of esters is 2. The van der Waals surface area contributed by atoms with Crippen molar-refractivity contribution in [2.75, 3.05) is 6.61 Å². The molecule has 2 aliphatic carbocycles. The van der Waals surface area contributed by atoms with Crippen molar-refractivity contribution in [1.29, 1.82) is 0 Å². The van der Waals surface area contributed by atoms with Gasteiger partial charge in [0.25, 0.3) is 0 Å². The largest absolute Gasteiger partial charge is 0.461 e. The number of cyclic esters (lactones) is 2. The predicted octanol–water partition coefficient (Wildman–Crippen LogP) is 0.826. The van der Waals surface area contributed by atoms with E-state index in [4.69, 9.17) is 9.47 Å². The van der Waals surface area contributed by atoms with Crippen molar-refractivity contribution < 1.29 is 34.4 Å². The molecule has 1 spiro atoms. The lowest BCUT2D eigenvalue weighted by Gasteiger charge is -2.59. The van der Waals surface area contributed by atoms with E-state index in [0.29, 0.717) is 36.8 Å². The van der Waals surface area contributed by atoms with Crippen LogP contribution in [0.2, 0.25) is 0 Å². The zero-order valence-electron chi connectivity index (χ0n) is 15.6. The Labute approximate surface area is 157 Å². The highest BCUT2D eigenvalue weighted by molar-refractivity contribution is 5.93. The van der Waals surface area contributed by atoms with Gasteiger partial charge in [0.2, 0.25) is 6.29 Å². The van der Waals surface area contributed by atoms with Crippen molar-refractivity contribution in [3.63, 3.8) is 0 Å². The van der Waals surface area contributed by atoms with Crippen molar-refractivity contribution in [1.82, 2.24) is 0 Å². The minimum atomic E-state index is -1.21. The Morgan fingerprint density at radius 1 is 1.19 bits per heavy atom. The number of carbonyl (C=O) groups excluding carboxylic acids is 2. The fourth-order valence-electron chi connectivity index (χ4n) is 5.91. The van der Waals surface area contributed by atoms with E-state index in [2.05, 4.69) is 0 Å². The Morgan fingerprint density at radius 2 is 1.93 bits per heavy atom. The van der Waals surface area contributed by atoms with E-state index >= 15 is 0 Å². The number of hydrogen-bond donors (Lipinski definition) is 3. The van der Waals surface area contributed by atoms with Crippen molar-refractivity contribution in [2.24, 2.45) is 22.7 Å². The summed E-state index contributed by atoms with van der Waals surface area (Å²) in [6, 6.07) is 0. The van der Waals surface area contributed by atoms with Crippen LogP contribution < -0.4 is 0 Å². The molecule has 7 nitrogen and oxygen atoms in total. The minimum Gasteiger partial charge on any atom is -0.461 e. The molecule has 7 atom stereocenters. The summed E-state index contributed by atoms with van der Waals surface area (Å²) in [4.78, 5) is 24.1. The minimum absolute atomic E-state index is 0.138. The molecule has 0 unspecified atom stereocenters. The number of ether oxygens (including phenoxy) is 2. The molecule has 4 rings (SSSR count). The molecule has 0 aromatic rings. The lowest BCUT2D eigenvalue weighted by molar-refractivity contribution is -0.162. The highest BCUT2D eigenvalue weighted by Gasteiger charge is 2.65. The Balaban J connectivity index is 1.70. The number of hydrogen-bond acceptors (Lipinski definition) is 7. The summed E-state index contributed by atoms with van der Waals surface area (Å²) in [5.41, 5.74) is -0.242. The molecule has 148 valence electrons. The lowest BCUT2D eigenvalue weighted by atomic mass is 9.45. The molecule has 2 aliphatic heterocycles. The van der Waals surface area contributed by atoms with Crippen LogP contribution in [0.25, 0.3) is 0 Å². The van der Waals surface area contributed by atoms with E-state index in [-0.39, 0.29) is 24.4 Å². The highest BCUT2D eigenvalue weighted by Crippen LogP contribution is 2.64. The monoisotopic (exact) mass is 378 g/mol. The van der Waals surface area contributed by atoms with Gasteiger partial charge in [-0.05, 0) is 43.1 Å². The third-order valence-electron chi connectivity index (χ3n) is 7.43. The summed E-state index contributed by atoms with van der Waals surface area (Å²) in [5, 5.41) is 31.2. The van der Waals surface area contributed by atoms with E-state index in [1.807, 2.05) is 13.8 Å². The molecule has 0 aromatic carbocycles. The molecule has 27 heavy (non-hydrogen) atoms. The number of carbonyl (C=O) groups is 2. The quantitative estimate of drug-likeness (QED) is 0.623. The third-order valence-corrected chi connectivity index (χ3v) is 7.43. The smallest absolute Gasteiger partial charge is 0.336 e. The fraction of sp³-hybridized carbons (Fsp3) is 0.700. The van der Waals surface area contributed by atoms with Gasteiger partial charge in [0.15, 0.2) is 0 Å². The second kappa shape index (κ2) is 6.15. The first-order chi connectivity index (χ1) is 12.7. The van der Waals surface area contributed by atoms with Crippen LogP contribution in [0.15, 0.2) is 23.3 Å². The van der Waals surface area contributed by atoms with E-state index in [1.165, 1.54) is 6.08 Å².